The van der Waals surface area contributed by atoms with E-state index in [1.165, 1.54) is 0 Å². The van der Waals surface area contributed by atoms with E-state index in [0.717, 1.165) is 23.8 Å². The fourth-order valence-corrected chi connectivity index (χ4v) is 1.44. The van der Waals surface area contributed by atoms with Crippen molar-refractivity contribution < 1.29 is 9.47 Å². The molecular formula is C10H11ClO2. The minimum atomic E-state index is 0.209. The van der Waals surface area contributed by atoms with Crippen LogP contribution in [0.2, 0.25) is 5.02 Å². The third-order valence-corrected chi connectivity index (χ3v) is 2.26. The zero-order chi connectivity index (χ0) is 9.10. The Hall–Kier alpha value is -0.730. The minimum absolute atomic E-state index is 0.209. The molecule has 13 heavy (non-hydrogen) atoms. The van der Waals surface area contributed by atoms with E-state index in [1.807, 2.05) is 24.3 Å². The van der Waals surface area contributed by atoms with Crippen LogP contribution in [0, 0.1) is 0 Å². The number of ether oxygens (including phenoxy) is 2. The monoisotopic (exact) mass is 198 g/mol. The van der Waals surface area contributed by atoms with Gasteiger partial charge in [-0.3, -0.25) is 0 Å². The highest BCUT2D eigenvalue weighted by atomic mass is 35.5. The van der Waals surface area contributed by atoms with Gasteiger partial charge in [0.25, 0.3) is 0 Å². The fraction of sp³-hybridized carbons (Fsp3) is 0.400. The van der Waals surface area contributed by atoms with E-state index >= 15 is 0 Å². The van der Waals surface area contributed by atoms with Gasteiger partial charge in [-0.1, -0.05) is 11.6 Å². The number of benzene rings is 1. The van der Waals surface area contributed by atoms with Gasteiger partial charge in [-0.2, -0.15) is 0 Å². The van der Waals surface area contributed by atoms with E-state index in [4.69, 9.17) is 21.1 Å². The van der Waals surface area contributed by atoms with Crippen molar-refractivity contribution >= 4 is 11.6 Å². The molecule has 0 saturated carbocycles. The summed E-state index contributed by atoms with van der Waals surface area (Å²) in [5.41, 5.74) is 0. The standard InChI is InChI=1S/C10H11ClO2/c11-8-1-3-9(4-2-8)13-10-5-6-12-7-10/h1-4,10H,5-7H2/t10-/m0/s1. The molecule has 0 bridgehead atoms. The summed E-state index contributed by atoms with van der Waals surface area (Å²) in [5.74, 6) is 0.861. The van der Waals surface area contributed by atoms with Crippen LogP contribution in [0.25, 0.3) is 0 Å². The van der Waals surface area contributed by atoms with Crippen molar-refractivity contribution in [2.24, 2.45) is 0 Å². The molecule has 1 aliphatic rings. The van der Waals surface area contributed by atoms with Crippen molar-refractivity contribution in [1.82, 2.24) is 0 Å². The van der Waals surface area contributed by atoms with E-state index in [-0.39, 0.29) is 6.10 Å². The summed E-state index contributed by atoms with van der Waals surface area (Å²) in [4.78, 5) is 0. The predicted molar refractivity (Wildman–Crippen MR) is 51.3 cm³/mol. The SMILES string of the molecule is Clc1ccc(O[C@H]2CCOC2)cc1. The van der Waals surface area contributed by atoms with E-state index in [9.17, 15) is 0 Å². The molecule has 1 aromatic rings. The second-order valence-electron chi connectivity index (χ2n) is 3.06. The van der Waals surface area contributed by atoms with Crippen molar-refractivity contribution in [3.8, 4) is 5.75 Å². The fourth-order valence-electron chi connectivity index (χ4n) is 1.31. The third kappa shape index (κ3) is 2.36. The molecule has 2 nitrogen and oxygen atoms in total. The molecule has 0 spiro atoms. The Labute approximate surface area is 82.4 Å². The van der Waals surface area contributed by atoms with E-state index < -0.39 is 0 Å². The van der Waals surface area contributed by atoms with Gasteiger partial charge >= 0.3 is 0 Å². The van der Waals surface area contributed by atoms with Crippen LogP contribution in [0.3, 0.4) is 0 Å². The summed E-state index contributed by atoms with van der Waals surface area (Å²) >= 11 is 5.75. The van der Waals surface area contributed by atoms with Crippen LogP contribution in [0.15, 0.2) is 24.3 Å². The number of halogens is 1. The lowest BCUT2D eigenvalue weighted by atomic mass is 10.3. The first-order valence-corrected chi connectivity index (χ1v) is 4.72. The van der Waals surface area contributed by atoms with Gasteiger partial charge in [-0.05, 0) is 24.3 Å². The Kier molecular flexibility index (Phi) is 2.71. The second kappa shape index (κ2) is 3.99. The maximum absolute atomic E-state index is 5.75. The first-order chi connectivity index (χ1) is 6.34. The molecule has 1 fully saturated rings. The molecule has 0 unspecified atom stereocenters. The lowest BCUT2D eigenvalue weighted by Crippen LogP contribution is -2.15. The van der Waals surface area contributed by atoms with Crippen molar-refractivity contribution in [2.75, 3.05) is 13.2 Å². The summed E-state index contributed by atoms with van der Waals surface area (Å²) in [6.45, 7) is 1.50. The van der Waals surface area contributed by atoms with Gasteiger partial charge in [0, 0.05) is 11.4 Å². The summed E-state index contributed by atoms with van der Waals surface area (Å²) < 4.78 is 10.8. The average molecular weight is 199 g/mol. The van der Waals surface area contributed by atoms with Crippen LogP contribution >= 0.6 is 11.6 Å². The zero-order valence-corrected chi connectivity index (χ0v) is 7.96. The Morgan fingerprint density at radius 1 is 1.31 bits per heavy atom. The third-order valence-electron chi connectivity index (χ3n) is 2.00. The first kappa shape index (κ1) is 8.85. The summed E-state index contributed by atoms with van der Waals surface area (Å²) in [7, 11) is 0. The summed E-state index contributed by atoms with van der Waals surface area (Å²) in [6, 6.07) is 7.40. The Bertz CT molecular complexity index is 265. The highest BCUT2D eigenvalue weighted by Crippen LogP contribution is 2.19. The van der Waals surface area contributed by atoms with E-state index in [1.54, 1.807) is 0 Å². The zero-order valence-electron chi connectivity index (χ0n) is 7.20. The van der Waals surface area contributed by atoms with Crippen molar-refractivity contribution in [3.63, 3.8) is 0 Å². The van der Waals surface area contributed by atoms with Crippen LogP contribution in [-0.2, 0) is 4.74 Å². The molecule has 1 atom stereocenters. The Morgan fingerprint density at radius 3 is 2.69 bits per heavy atom. The van der Waals surface area contributed by atoms with Gasteiger partial charge in [-0.25, -0.2) is 0 Å². The highest BCUT2D eigenvalue weighted by molar-refractivity contribution is 6.30. The molecule has 0 N–H and O–H groups in total. The smallest absolute Gasteiger partial charge is 0.124 e. The molecule has 70 valence electrons. The van der Waals surface area contributed by atoms with Gasteiger partial charge in [0.15, 0.2) is 0 Å². The van der Waals surface area contributed by atoms with Crippen molar-refractivity contribution in [1.29, 1.82) is 0 Å². The van der Waals surface area contributed by atoms with Crippen molar-refractivity contribution in [3.05, 3.63) is 29.3 Å². The molecule has 1 aliphatic heterocycles. The predicted octanol–water partition coefficient (Wildman–Crippen LogP) is 2.51. The Balaban J connectivity index is 1.97. The normalized spacial score (nSPS) is 21.8. The van der Waals surface area contributed by atoms with Crippen LogP contribution in [0.4, 0.5) is 0 Å². The summed E-state index contributed by atoms with van der Waals surface area (Å²) in [6.07, 6.45) is 1.18. The molecule has 1 heterocycles. The van der Waals surface area contributed by atoms with Crippen LogP contribution in [0.5, 0.6) is 5.75 Å². The van der Waals surface area contributed by atoms with Crippen LogP contribution in [-0.4, -0.2) is 19.3 Å². The lowest BCUT2D eigenvalue weighted by Gasteiger charge is -2.11. The number of hydrogen-bond donors (Lipinski definition) is 0. The molecular weight excluding hydrogens is 188 g/mol. The molecule has 0 aliphatic carbocycles. The van der Waals surface area contributed by atoms with Crippen LogP contribution in [0.1, 0.15) is 6.42 Å². The topological polar surface area (TPSA) is 18.5 Å². The molecule has 1 aromatic carbocycles. The molecule has 0 radical (unpaired) electrons. The molecule has 0 amide bonds. The molecule has 0 aromatic heterocycles. The average Bonchev–Trinajstić information content (AvgIpc) is 2.62. The van der Waals surface area contributed by atoms with Crippen molar-refractivity contribution in [2.45, 2.75) is 12.5 Å². The van der Waals surface area contributed by atoms with E-state index in [2.05, 4.69) is 0 Å². The molecule has 2 rings (SSSR count). The van der Waals surface area contributed by atoms with Gasteiger partial charge in [0.1, 0.15) is 11.9 Å². The Morgan fingerprint density at radius 2 is 2.08 bits per heavy atom. The lowest BCUT2D eigenvalue weighted by molar-refractivity contribution is 0.141. The number of rotatable bonds is 2. The quantitative estimate of drug-likeness (QED) is 0.727. The minimum Gasteiger partial charge on any atom is -0.488 e. The maximum atomic E-state index is 5.75. The highest BCUT2D eigenvalue weighted by Gasteiger charge is 2.16. The van der Waals surface area contributed by atoms with Gasteiger partial charge in [0.2, 0.25) is 0 Å². The van der Waals surface area contributed by atoms with Gasteiger partial charge in [-0.15, -0.1) is 0 Å². The van der Waals surface area contributed by atoms with Crippen LogP contribution < -0.4 is 4.74 Å². The van der Waals surface area contributed by atoms with Gasteiger partial charge in [0.05, 0.1) is 13.2 Å². The molecule has 1 saturated heterocycles. The van der Waals surface area contributed by atoms with Gasteiger partial charge < -0.3 is 9.47 Å². The number of hydrogen-bond acceptors (Lipinski definition) is 2. The summed E-state index contributed by atoms with van der Waals surface area (Å²) in [5, 5.41) is 0.732. The second-order valence-corrected chi connectivity index (χ2v) is 3.49. The first-order valence-electron chi connectivity index (χ1n) is 4.34. The van der Waals surface area contributed by atoms with E-state index in [0.29, 0.717) is 6.61 Å². The molecule has 3 heteroatoms. The largest absolute Gasteiger partial charge is 0.488 e. The maximum Gasteiger partial charge on any atom is 0.124 e.